The number of carbonyl (C=O) groups is 1. The average molecular weight is 478 g/mol. The molecule has 11 heteroatoms. The Morgan fingerprint density at radius 1 is 1.38 bits per heavy atom. The molecule has 1 atom stereocenters. The Labute approximate surface area is 194 Å². The summed E-state index contributed by atoms with van der Waals surface area (Å²) >= 11 is 7.10. The number of pyridine rings is 1. The predicted octanol–water partition coefficient (Wildman–Crippen LogP) is 3.80. The number of thiazole rings is 1. The molecule has 32 heavy (non-hydrogen) atoms. The maximum Gasteiger partial charge on any atom is 0.321 e. The van der Waals surface area contributed by atoms with Crippen LogP contribution in [-0.2, 0) is 0 Å². The van der Waals surface area contributed by atoms with E-state index in [1.54, 1.807) is 36.2 Å². The van der Waals surface area contributed by atoms with Crippen LogP contribution in [0.2, 0.25) is 5.02 Å². The Balaban J connectivity index is 1.33. The van der Waals surface area contributed by atoms with Crippen LogP contribution in [-0.4, -0.2) is 60.2 Å². The molecular formula is C21H25ClFN7OS. The molecule has 3 heterocycles. The highest BCUT2D eigenvalue weighted by Gasteiger charge is 2.18. The fourth-order valence-corrected chi connectivity index (χ4v) is 4.62. The zero-order valence-corrected chi connectivity index (χ0v) is 19.2. The van der Waals surface area contributed by atoms with Crippen molar-refractivity contribution in [1.82, 2.24) is 20.2 Å². The molecule has 8 nitrogen and oxygen atoms in total. The molecule has 1 saturated heterocycles. The van der Waals surface area contributed by atoms with E-state index < -0.39 is 5.82 Å². The number of urea groups is 1. The van der Waals surface area contributed by atoms with Gasteiger partial charge in [0.05, 0.1) is 5.69 Å². The van der Waals surface area contributed by atoms with E-state index in [-0.39, 0.29) is 12.1 Å². The minimum absolute atomic E-state index is 0.268. The molecule has 4 rings (SSSR count). The zero-order chi connectivity index (χ0) is 22.7. The summed E-state index contributed by atoms with van der Waals surface area (Å²) in [5.74, 6) is 0.123. The predicted molar refractivity (Wildman–Crippen MR) is 128 cm³/mol. The number of hydrogen-bond donors (Lipinski definition) is 3. The van der Waals surface area contributed by atoms with Gasteiger partial charge in [0, 0.05) is 31.2 Å². The second-order valence-corrected chi connectivity index (χ2v) is 9.17. The number of carbonyl (C=O) groups excluding carboxylic acids is 1. The summed E-state index contributed by atoms with van der Waals surface area (Å²) in [5.41, 5.74) is 6.92. The third-order valence-electron chi connectivity index (χ3n) is 5.32. The summed E-state index contributed by atoms with van der Waals surface area (Å²) in [6, 6.07) is 8.01. The lowest BCUT2D eigenvalue weighted by Crippen LogP contribution is -2.32. The highest BCUT2D eigenvalue weighted by atomic mass is 35.5. The van der Waals surface area contributed by atoms with Crippen LogP contribution < -0.4 is 21.3 Å². The summed E-state index contributed by atoms with van der Waals surface area (Å²) in [6.07, 6.45) is 1.89. The minimum Gasteiger partial charge on any atom is -0.338 e. The largest absolute Gasteiger partial charge is 0.338 e. The Bertz CT molecular complexity index is 1110. The van der Waals surface area contributed by atoms with Crippen LogP contribution in [0.25, 0.3) is 10.3 Å². The smallest absolute Gasteiger partial charge is 0.321 e. The number of benzene rings is 1. The number of aromatic nitrogens is 2. The topological polar surface area (TPSA) is 99.4 Å². The van der Waals surface area contributed by atoms with E-state index in [1.807, 2.05) is 0 Å². The van der Waals surface area contributed by atoms with Crippen LogP contribution in [0.3, 0.4) is 0 Å². The van der Waals surface area contributed by atoms with Crippen LogP contribution >= 0.6 is 22.9 Å². The monoisotopic (exact) mass is 477 g/mol. The lowest BCUT2D eigenvalue weighted by atomic mass is 10.2. The zero-order valence-electron chi connectivity index (χ0n) is 17.6. The second kappa shape index (κ2) is 9.95. The molecule has 0 radical (unpaired) electrons. The van der Waals surface area contributed by atoms with E-state index in [0.29, 0.717) is 38.6 Å². The van der Waals surface area contributed by atoms with Crippen molar-refractivity contribution in [2.75, 3.05) is 43.4 Å². The van der Waals surface area contributed by atoms with Crippen molar-refractivity contribution in [3.63, 3.8) is 0 Å². The van der Waals surface area contributed by atoms with Gasteiger partial charge >= 0.3 is 6.03 Å². The van der Waals surface area contributed by atoms with E-state index in [0.717, 1.165) is 32.5 Å². The maximum atomic E-state index is 14.3. The lowest BCUT2D eigenvalue weighted by Gasteiger charge is -2.18. The van der Waals surface area contributed by atoms with Crippen LogP contribution in [0, 0.1) is 5.82 Å². The van der Waals surface area contributed by atoms with Gasteiger partial charge in [-0.3, -0.25) is 5.32 Å². The van der Waals surface area contributed by atoms with E-state index >= 15 is 0 Å². The Hall–Kier alpha value is -2.53. The first-order chi connectivity index (χ1) is 15.4. The number of halogens is 2. The van der Waals surface area contributed by atoms with E-state index in [9.17, 15) is 9.18 Å². The van der Waals surface area contributed by atoms with Crippen molar-refractivity contribution < 1.29 is 9.18 Å². The molecule has 0 unspecified atom stereocenters. The molecule has 1 aromatic carbocycles. The molecule has 3 aromatic rings. The van der Waals surface area contributed by atoms with Gasteiger partial charge in [0.25, 0.3) is 0 Å². The average Bonchev–Trinajstić information content (AvgIpc) is 3.35. The highest BCUT2D eigenvalue weighted by Crippen LogP contribution is 2.30. The van der Waals surface area contributed by atoms with Gasteiger partial charge in [-0.25, -0.2) is 19.2 Å². The Morgan fingerprint density at radius 3 is 2.97 bits per heavy atom. The molecule has 1 aliphatic heterocycles. The third kappa shape index (κ3) is 5.44. The summed E-state index contributed by atoms with van der Waals surface area (Å²) < 4.78 is 14.3. The van der Waals surface area contributed by atoms with Gasteiger partial charge in [0.15, 0.2) is 5.13 Å². The second-order valence-electron chi connectivity index (χ2n) is 7.75. The first-order valence-electron chi connectivity index (χ1n) is 10.4. The molecule has 0 aliphatic carbocycles. The summed E-state index contributed by atoms with van der Waals surface area (Å²) in [6.45, 7) is 3.44. The molecular weight excluding hydrogens is 453 g/mol. The van der Waals surface area contributed by atoms with Crippen LogP contribution in [0.1, 0.15) is 12.8 Å². The van der Waals surface area contributed by atoms with Gasteiger partial charge in [0.1, 0.15) is 22.0 Å². The Morgan fingerprint density at radius 2 is 2.22 bits per heavy atom. The molecule has 2 aromatic heterocycles. The lowest BCUT2D eigenvalue weighted by molar-refractivity contribution is 0.251. The van der Waals surface area contributed by atoms with Crippen molar-refractivity contribution in [1.29, 1.82) is 0 Å². The van der Waals surface area contributed by atoms with Crippen molar-refractivity contribution >= 4 is 56.0 Å². The number of nitrogens with two attached hydrogens (primary N) is 1. The number of likely N-dealkylation sites (tertiary alicyclic amines) is 1. The van der Waals surface area contributed by atoms with Crippen LogP contribution in [0.5, 0.6) is 0 Å². The van der Waals surface area contributed by atoms with Crippen molar-refractivity contribution in [2.24, 2.45) is 5.73 Å². The number of fused-ring (bicyclic) bond motifs is 1. The van der Waals surface area contributed by atoms with Crippen LogP contribution in [0.15, 0.2) is 30.3 Å². The van der Waals surface area contributed by atoms with Crippen molar-refractivity contribution in [3.8, 4) is 0 Å². The summed E-state index contributed by atoms with van der Waals surface area (Å²) in [7, 11) is 1.73. The van der Waals surface area contributed by atoms with Gasteiger partial charge in [-0.1, -0.05) is 22.9 Å². The normalized spacial score (nSPS) is 16.4. The Kier molecular flexibility index (Phi) is 7.04. The molecule has 0 saturated carbocycles. The first-order valence-corrected chi connectivity index (χ1v) is 11.6. The SMILES string of the molecule is CN(c1ccc2nc(NC(=O)NCCCN3CC[C@H](N)C3)sc2n1)c1ccc(Cl)cc1F. The standard InChI is InChI=1S/C21H25ClFN7OS/c1-29(17-5-3-13(22)11-15(17)23)18-6-4-16-19(27-18)32-21(26-16)28-20(31)25-8-2-9-30-10-7-14(24)12-30/h3-6,11,14H,2,7-10,12,24H2,1H3,(H2,25,26,28,31)/t14-/m0/s1. The van der Waals surface area contributed by atoms with E-state index in [2.05, 4.69) is 25.5 Å². The number of rotatable bonds is 7. The molecule has 1 aliphatic rings. The van der Waals surface area contributed by atoms with Crippen LogP contribution in [0.4, 0.5) is 25.8 Å². The van der Waals surface area contributed by atoms with Gasteiger partial charge in [-0.15, -0.1) is 0 Å². The van der Waals surface area contributed by atoms with Gasteiger partial charge in [-0.05, 0) is 56.3 Å². The third-order valence-corrected chi connectivity index (χ3v) is 6.44. The van der Waals surface area contributed by atoms with Crippen molar-refractivity contribution in [3.05, 3.63) is 41.2 Å². The number of hydrogen-bond acceptors (Lipinski definition) is 7. The summed E-state index contributed by atoms with van der Waals surface area (Å²) in [5, 5.41) is 6.39. The first kappa shape index (κ1) is 22.7. The van der Waals surface area contributed by atoms with E-state index in [4.69, 9.17) is 17.3 Å². The fourth-order valence-electron chi connectivity index (χ4n) is 3.64. The van der Waals surface area contributed by atoms with Gasteiger partial charge < -0.3 is 20.9 Å². The highest BCUT2D eigenvalue weighted by molar-refractivity contribution is 7.22. The molecule has 1 fully saturated rings. The molecule has 0 bridgehead atoms. The molecule has 170 valence electrons. The number of amides is 2. The molecule has 4 N–H and O–H groups in total. The number of nitrogens with one attached hydrogen (secondary N) is 2. The van der Waals surface area contributed by atoms with E-state index in [1.165, 1.54) is 17.4 Å². The number of anilines is 3. The van der Waals surface area contributed by atoms with Gasteiger partial charge in [-0.2, -0.15) is 0 Å². The fraction of sp³-hybridized carbons (Fsp3) is 0.381. The molecule has 2 amide bonds. The molecule has 0 spiro atoms. The minimum atomic E-state index is -0.433. The maximum absolute atomic E-state index is 14.3. The summed E-state index contributed by atoms with van der Waals surface area (Å²) in [4.78, 5) is 25.8. The number of nitrogens with zero attached hydrogens (tertiary/aromatic N) is 4. The van der Waals surface area contributed by atoms with Gasteiger partial charge in [0.2, 0.25) is 0 Å². The quantitative estimate of drug-likeness (QED) is 0.448. The van der Waals surface area contributed by atoms with Crippen molar-refractivity contribution in [2.45, 2.75) is 18.9 Å².